The highest BCUT2D eigenvalue weighted by Crippen LogP contribution is 2.25. The van der Waals surface area contributed by atoms with E-state index < -0.39 is 6.10 Å². The van der Waals surface area contributed by atoms with Crippen LogP contribution in [0.3, 0.4) is 0 Å². The van der Waals surface area contributed by atoms with Gasteiger partial charge in [-0.25, -0.2) is 4.39 Å². The lowest BCUT2D eigenvalue weighted by atomic mass is 10.1. The van der Waals surface area contributed by atoms with Gasteiger partial charge in [-0.15, -0.1) is 0 Å². The highest BCUT2D eigenvalue weighted by molar-refractivity contribution is 6.03. The van der Waals surface area contributed by atoms with Crippen molar-refractivity contribution in [1.82, 2.24) is 4.98 Å². The molecule has 0 spiro atoms. The summed E-state index contributed by atoms with van der Waals surface area (Å²) >= 11 is 0. The van der Waals surface area contributed by atoms with Crippen molar-refractivity contribution in [1.29, 1.82) is 0 Å². The molecule has 0 saturated carbocycles. The Hall–Kier alpha value is -2.95. The number of rotatable bonds is 5. The summed E-state index contributed by atoms with van der Waals surface area (Å²) in [7, 11) is 0. The monoisotopic (exact) mass is 338 g/mol. The molecular weight excluding hydrogens is 319 g/mol. The fraction of sp³-hybridized carbons (Fsp3) is 0.200. The molecule has 0 aliphatic heterocycles. The largest absolute Gasteiger partial charge is 0.481 e. The Morgan fingerprint density at radius 3 is 2.68 bits per heavy atom. The van der Waals surface area contributed by atoms with E-state index in [9.17, 15) is 9.18 Å². The summed E-state index contributed by atoms with van der Waals surface area (Å²) in [5.74, 6) is -0.136. The van der Waals surface area contributed by atoms with Crippen LogP contribution in [0.1, 0.15) is 18.9 Å². The number of ether oxygens (including phenoxy) is 1. The first-order valence-corrected chi connectivity index (χ1v) is 8.16. The molecule has 1 N–H and O–H groups in total. The molecule has 1 heterocycles. The van der Waals surface area contributed by atoms with E-state index in [4.69, 9.17) is 4.74 Å². The molecule has 0 fully saturated rings. The van der Waals surface area contributed by atoms with Crippen molar-refractivity contribution < 1.29 is 13.9 Å². The van der Waals surface area contributed by atoms with Gasteiger partial charge in [0.15, 0.2) is 6.10 Å². The number of halogens is 1. The van der Waals surface area contributed by atoms with Crippen LogP contribution < -0.4 is 10.1 Å². The zero-order valence-corrected chi connectivity index (χ0v) is 14.1. The van der Waals surface area contributed by atoms with Gasteiger partial charge in [-0.1, -0.05) is 13.0 Å². The Kier molecular flexibility index (Phi) is 4.93. The minimum absolute atomic E-state index is 0.249. The Bertz CT molecular complexity index is 894. The van der Waals surface area contributed by atoms with E-state index in [1.165, 1.54) is 24.3 Å². The molecular formula is C20H19FN2O2. The number of pyridine rings is 1. The molecule has 25 heavy (non-hydrogen) atoms. The molecule has 0 radical (unpaired) electrons. The number of hydrogen-bond acceptors (Lipinski definition) is 3. The second-order valence-electron chi connectivity index (χ2n) is 5.79. The summed E-state index contributed by atoms with van der Waals surface area (Å²) in [4.78, 5) is 17.0. The molecule has 1 aromatic heterocycles. The molecule has 0 aliphatic carbocycles. The zero-order chi connectivity index (χ0) is 17.8. The van der Waals surface area contributed by atoms with Gasteiger partial charge in [0.25, 0.3) is 5.91 Å². The van der Waals surface area contributed by atoms with Crippen LogP contribution in [0.4, 0.5) is 10.1 Å². The van der Waals surface area contributed by atoms with Crippen molar-refractivity contribution in [2.75, 3.05) is 5.32 Å². The topological polar surface area (TPSA) is 51.2 Å². The SMILES string of the molecule is CC[C@H](Oc1ccc(F)cc1)C(=O)Nc1ccc(C)c2ncccc12. The fourth-order valence-electron chi connectivity index (χ4n) is 2.64. The molecule has 0 bridgehead atoms. The predicted molar refractivity (Wildman–Crippen MR) is 96.2 cm³/mol. The maximum atomic E-state index is 13.0. The number of carbonyl (C=O) groups is 1. The number of aryl methyl sites for hydroxylation is 1. The average Bonchev–Trinajstić information content (AvgIpc) is 2.63. The first kappa shape index (κ1) is 16.9. The van der Waals surface area contributed by atoms with E-state index in [0.29, 0.717) is 17.9 Å². The van der Waals surface area contributed by atoms with E-state index in [1.807, 2.05) is 38.1 Å². The molecule has 0 aliphatic rings. The molecule has 3 aromatic rings. The Morgan fingerprint density at radius 2 is 1.96 bits per heavy atom. The Balaban J connectivity index is 1.80. The smallest absolute Gasteiger partial charge is 0.265 e. The van der Waals surface area contributed by atoms with E-state index in [2.05, 4.69) is 10.3 Å². The Labute approximate surface area is 145 Å². The van der Waals surface area contributed by atoms with Gasteiger partial charge in [0.05, 0.1) is 11.2 Å². The summed E-state index contributed by atoms with van der Waals surface area (Å²) in [5.41, 5.74) is 2.59. The van der Waals surface area contributed by atoms with Crippen LogP contribution in [0, 0.1) is 12.7 Å². The summed E-state index contributed by atoms with van der Waals surface area (Å²) in [5, 5.41) is 3.80. The maximum Gasteiger partial charge on any atom is 0.265 e. The second-order valence-corrected chi connectivity index (χ2v) is 5.79. The normalized spacial score (nSPS) is 12.0. The zero-order valence-electron chi connectivity index (χ0n) is 14.1. The second kappa shape index (κ2) is 7.30. The quantitative estimate of drug-likeness (QED) is 0.746. The predicted octanol–water partition coefficient (Wildman–Crippen LogP) is 4.48. The minimum Gasteiger partial charge on any atom is -0.481 e. The van der Waals surface area contributed by atoms with Crippen molar-refractivity contribution >= 4 is 22.5 Å². The number of nitrogens with zero attached hydrogens (tertiary/aromatic N) is 1. The number of carbonyl (C=O) groups excluding carboxylic acids is 1. The van der Waals surface area contributed by atoms with Crippen LogP contribution in [-0.2, 0) is 4.79 Å². The molecule has 3 rings (SSSR count). The van der Waals surface area contributed by atoms with Gasteiger partial charge >= 0.3 is 0 Å². The van der Waals surface area contributed by atoms with Gasteiger partial charge in [0.1, 0.15) is 11.6 Å². The van der Waals surface area contributed by atoms with Crippen molar-refractivity contribution in [3.63, 3.8) is 0 Å². The Morgan fingerprint density at radius 1 is 1.20 bits per heavy atom. The number of fused-ring (bicyclic) bond motifs is 1. The fourth-order valence-corrected chi connectivity index (χ4v) is 2.64. The first-order chi connectivity index (χ1) is 12.1. The molecule has 128 valence electrons. The highest BCUT2D eigenvalue weighted by atomic mass is 19.1. The lowest BCUT2D eigenvalue weighted by Gasteiger charge is -2.18. The third-order valence-electron chi connectivity index (χ3n) is 3.98. The van der Waals surface area contributed by atoms with Gasteiger partial charge in [-0.2, -0.15) is 0 Å². The standard InChI is InChI=1S/C20H19FN2O2/c1-3-18(25-15-9-7-14(21)8-10-15)20(24)23-17-11-6-13(2)19-16(17)5-4-12-22-19/h4-12,18H,3H2,1-2H3,(H,23,24)/t18-/m0/s1. The van der Waals surface area contributed by atoms with Crippen LogP contribution in [-0.4, -0.2) is 17.0 Å². The van der Waals surface area contributed by atoms with Gasteiger partial charge in [0, 0.05) is 11.6 Å². The van der Waals surface area contributed by atoms with Crippen LogP contribution >= 0.6 is 0 Å². The molecule has 1 atom stereocenters. The lowest BCUT2D eigenvalue weighted by Crippen LogP contribution is -2.32. The van der Waals surface area contributed by atoms with E-state index >= 15 is 0 Å². The number of anilines is 1. The third-order valence-corrected chi connectivity index (χ3v) is 3.98. The molecule has 0 unspecified atom stereocenters. The van der Waals surface area contributed by atoms with Crippen LogP contribution in [0.5, 0.6) is 5.75 Å². The van der Waals surface area contributed by atoms with Gasteiger partial charge in [0.2, 0.25) is 0 Å². The number of nitrogens with one attached hydrogen (secondary N) is 1. The van der Waals surface area contributed by atoms with Crippen molar-refractivity contribution in [3.05, 3.63) is 66.1 Å². The third kappa shape index (κ3) is 3.76. The van der Waals surface area contributed by atoms with Crippen molar-refractivity contribution in [3.8, 4) is 5.75 Å². The lowest BCUT2D eigenvalue weighted by molar-refractivity contribution is -0.122. The van der Waals surface area contributed by atoms with Crippen molar-refractivity contribution in [2.45, 2.75) is 26.4 Å². The van der Waals surface area contributed by atoms with Crippen LogP contribution in [0.2, 0.25) is 0 Å². The van der Waals surface area contributed by atoms with Gasteiger partial charge in [-0.05, 0) is 61.4 Å². The number of amides is 1. The summed E-state index contributed by atoms with van der Waals surface area (Å²) in [6, 6.07) is 13.2. The molecule has 2 aromatic carbocycles. The molecule has 5 heteroatoms. The maximum absolute atomic E-state index is 13.0. The molecule has 0 saturated heterocycles. The first-order valence-electron chi connectivity index (χ1n) is 8.16. The van der Waals surface area contributed by atoms with E-state index in [1.54, 1.807) is 6.20 Å². The molecule has 4 nitrogen and oxygen atoms in total. The summed E-state index contributed by atoms with van der Waals surface area (Å²) < 4.78 is 18.7. The van der Waals surface area contributed by atoms with Gasteiger partial charge in [-0.3, -0.25) is 9.78 Å². The van der Waals surface area contributed by atoms with Crippen LogP contribution in [0.25, 0.3) is 10.9 Å². The van der Waals surface area contributed by atoms with Crippen LogP contribution in [0.15, 0.2) is 54.7 Å². The summed E-state index contributed by atoms with van der Waals surface area (Å²) in [6.45, 7) is 3.84. The van der Waals surface area contributed by atoms with E-state index in [0.717, 1.165) is 16.5 Å². The van der Waals surface area contributed by atoms with Crippen molar-refractivity contribution in [2.24, 2.45) is 0 Å². The van der Waals surface area contributed by atoms with Gasteiger partial charge < -0.3 is 10.1 Å². The highest BCUT2D eigenvalue weighted by Gasteiger charge is 2.19. The number of benzene rings is 2. The number of hydrogen-bond donors (Lipinski definition) is 1. The molecule has 1 amide bonds. The summed E-state index contributed by atoms with van der Waals surface area (Å²) in [6.07, 6.45) is 1.55. The minimum atomic E-state index is -0.668. The van der Waals surface area contributed by atoms with E-state index in [-0.39, 0.29) is 11.7 Å². The number of aromatic nitrogens is 1. The average molecular weight is 338 g/mol.